The predicted molar refractivity (Wildman–Crippen MR) is 105 cm³/mol. The first-order chi connectivity index (χ1) is 13.4. The summed E-state index contributed by atoms with van der Waals surface area (Å²) in [5, 5.41) is 17.2. The van der Waals surface area contributed by atoms with Crippen LogP contribution in [0.1, 0.15) is 26.3 Å². The minimum atomic E-state index is -0.676. The van der Waals surface area contributed by atoms with Crippen molar-refractivity contribution in [3.63, 3.8) is 0 Å². The van der Waals surface area contributed by atoms with Gasteiger partial charge in [0.15, 0.2) is 0 Å². The molecule has 3 aromatic rings. The Morgan fingerprint density at radius 1 is 1.00 bits per heavy atom. The van der Waals surface area contributed by atoms with E-state index in [1.165, 1.54) is 42.6 Å². The maximum absolute atomic E-state index is 12.8. The predicted octanol–water partition coefficient (Wildman–Crippen LogP) is 4.68. The molecule has 0 aromatic heterocycles. The topological polar surface area (TPSA) is 92.9 Å². The monoisotopic (exact) mass is 413 g/mol. The third-order valence-electron chi connectivity index (χ3n) is 4.33. The Balaban J connectivity index is 1.82. The number of nitro benzene ring substituents is 1. The van der Waals surface area contributed by atoms with E-state index in [1.54, 1.807) is 12.1 Å². The van der Waals surface area contributed by atoms with Gasteiger partial charge in [-0.25, -0.2) is 0 Å². The Labute approximate surface area is 167 Å². The number of rotatable bonds is 3. The molecule has 3 aromatic carbocycles. The Hall–Kier alpha value is -3.29. The molecule has 0 unspecified atom stereocenters. The Morgan fingerprint density at radius 3 is 2.39 bits per heavy atom. The number of carbonyl (C=O) groups is 2. The summed E-state index contributed by atoms with van der Waals surface area (Å²) >= 11 is 11.9. The molecule has 7 nitrogen and oxygen atoms in total. The van der Waals surface area contributed by atoms with Crippen LogP contribution >= 0.6 is 23.2 Å². The smallest absolute Gasteiger partial charge is 0.267 e. The highest BCUT2D eigenvalue weighted by Gasteiger charge is 2.34. The fourth-order valence-electron chi connectivity index (χ4n) is 3.06. The number of halogens is 2. The SMILES string of the molecule is O=C1c2cccc3c([N+](=O)[O-])ccc(c23)C(=O)N1N=Cc1ccc(Cl)cc1Cl. The molecule has 9 heteroatoms. The second kappa shape index (κ2) is 6.70. The van der Waals surface area contributed by atoms with E-state index in [9.17, 15) is 19.7 Å². The summed E-state index contributed by atoms with van der Waals surface area (Å²) in [5.74, 6) is -1.35. The van der Waals surface area contributed by atoms with Gasteiger partial charge in [-0.15, -0.1) is 0 Å². The molecule has 0 bridgehead atoms. The van der Waals surface area contributed by atoms with Gasteiger partial charge in [0, 0.05) is 22.0 Å². The molecule has 0 saturated heterocycles. The van der Waals surface area contributed by atoms with E-state index < -0.39 is 16.7 Å². The van der Waals surface area contributed by atoms with Crippen molar-refractivity contribution in [1.82, 2.24) is 5.01 Å². The summed E-state index contributed by atoms with van der Waals surface area (Å²) in [7, 11) is 0. The van der Waals surface area contributed by atoms with E-state index in [2.05, 4.69) is 5.10 Å². The largest absolute Gasteiger partial charge is 0.282 e. The van der Waals surface area contributed by atoms with E-state index in [0.717, 1.165) is 0 Å². The van der Waals surface area contributed by atoms with Gasteiger partial charge in [0.25, 0.3) is 17.5 Å². The number of nitro groups is 1. The van der Waals surface area contributed by atoms with Crippen molar-refractivity contribution in [2.75, 3.05) is 0 Å². The van der Waals surface area contributed by atoms with E-state index in [1.807, 2.05) is 0 Å². The van der Waals surface area contributed by atoms with Gasteiger partial charge in [-0.2, -0.15) is 10.1 Å². The van der Waals surface area contributed by atoms with Crippen molar-refractivity contribution in [3.8, 4) is 0 Å². The fraction of sp³-hybridized carbons (Fsp3) is 0. The highest BCUT2D eigenvalue weighted by molar-refractivity contribution is 6.36. The summed E-state index contributed by atoms with van der Waals surface area (Å²) < 4.78 is 0. The van der Waals surface area contributed by atoms with Crippen LogP contribution in [-0.2, 0) is 0 Å². The maximum Gasteiger partial charge on any atom is 0.282 e. The van der Waals surface area contributed by atoms with Crippen molar-refractivity contribution in [1.29, 1.82) is 0 Å². The minimum Gasteiger partial charge on any atom is -0.267 e. The molecular formula is C19H9Cl2N3O4. The van der Waals surface area contributed by atoms with Gasteiger partial charge in [-0.05, 0) is 30.3 Å². The Morgan fingerprint density at radius 2 is 1.71 bits per heavy atom. The van der Waals surface area contributed by atoms with Crippen molar-refractivity contribution in [3.05, 3.63) is 85.4 Å². The average Bonchev–Trinajstić information content (AvgIpc) is 2.66. The van der Waals surface area contributed by atoms with Crippen LogP contribution in [0.3, 0.4) is 0 Å². The lowest BCUT2D eigenvalue weighted by molar-refractivity contribution is -0.383. The van der Waals surface area contributed by atoms with Crippen LogP contribution in [0, 0.1) is 10.1 Å². The summed E-state index contributed by atoms with van der Waals surface area (Å²) in [6, 6.07) is 11.8. The molecule has 1 aliphatic rings. The van der Waals surface area contributed by atoms with Gasteiger partial charge in [0.2, 0.25) is 0 Å². The van der Waals surface area contributed by atoms with Crippen molar-refractivity contribution in [2.45, 2.75) is 0 Å². The molecule has 0 aliphatic carbocycles. The van der Waals surface area contributed by atoms with Crippen molar-refractivity contribution < 1.29 is 14.5 Å². The number of hydrogen-bond acceptors (Lipinski definition) is 5. The van der Waals surface area contributed by atoms with Crippen LogP contribution in [0.25, 0.3) is 10.8 Å². The highest BCUT2D eigenvalue weighted by Crippen LogP contribution is 2.35. The standard InChI is InChI=1S/C19H9Cl2N3O4/c20-11-5-4-10(15(21)8-11)9-22-23-18(25)13-3-1-2-12-16(24(27)28)7-6-14(17(12)13)19(23)26/h1-9H. The highest BCUT2D eigenvalue weighted by atomic mass is 35.5. The number of imide groups is 1. The molecule has 1 aliphatic heterocycles. The second-order valence-electron chi connectivity index (χ2n) is 5.95. The van der Waals surface area contributed by atoms with Crippen LogP contribution in [-0.4, -0.2) is 28.0 Å². The number of hydrazone groups is 1. The number of carbonyl (C=O) groups excluding carboxylic acids is 2. The van der Waals surface area contributed by atoms with Crippen molar-refractivity contribution in [2.24, 2.45) is 5.10 Å². The second-order valence-corrected chi connectivity index (χ2v) is 6.79. The number of benzene rings is 3. The van der Waals surface area contributed by atoms with Crippen LogP contribution in [0.5, 0.6) is 0 Å². The zero-order valence-electron chi connectivity index (χ0n) is 13.9. The summed E-state index contributed by atoms with van der Waals surface area (Å²) in [5.41, 5.74) is 0.621. The van der Waals surface area contributed by atoms with E-state index in [-0.39, 0.29) is 27.6 Å². The van der Waals surface area contributed by atoms with Gasteiger partial charge < -0.3 is 0 Å². The van der Waals surface area contributed by atoms with Crippen LogP contribution < -0.4 is 0 Å². The molecule has 0 atom stereocenters. The molecule has 0 saturated carbocycles. The zero-order chi connectivity index (χ0) is 20.0. The molecule has 138 valence electrons. The van der Waals surface area contributed by atoms with Gasteiger partial charge in [0.05, 0.1) is 32.7 Å². The number of hydrogen-bond donors (Lipinski definition) is 0. The van der Waals surface area contributed by atoms with Gasteiger partial charge in [-0.1, -0.05) is 35.3 Å². The summed E-state index contributed by atoms with van der Waals surface area (Å²) in [4.78, 5) is 36.4. The third-order valence-corrected chi connectivity index (χ3v) is 4.90. The van der Waals surface area contributed by atoms with Gasteiger partial charge in [0.1, 0.15) is 0 Å². The van der Waals surface area contributed by atoms with Crippen LogP contribution in [0.15, 0.2) is 53.6 Å². The first kappa shape index (κ1) is 18.1. The lowest BCUT2D eigenvalue weighted by atomic mass is 9.94. The normalized spacial score (nSPS) is 13.6. The molecule has 0 N–H and O–H groups in total. The first-order valence-corrected chi connectivity index (χ1v) is 8.72. The zero-order valence-corrected chi connectivity index (χ0v) is 15.4. The van der Waals surface area contributed by atoms with Crippen molar-refractivity contribution >= 4 is 57.7 Å². The van der Waals surface area contributed by atoms with Crippen LogP contribution in [0.4, 0.5) is 5.69 Å². The third kappa shape index (κ3) is 2.81. The van der Waals surface area contributed by atoms with Gasteiger partial charge in [-0.3, -0.25) is 19.7 Å². The number of non-ortho nitro benzene ring substituents is 1. The number of amides is 2. The fourth-order valence-corrected chi connectivity index (χ4v) is 3.52. The van der Waals surface area contributed by atoms with E-state index in [0.29, 0.717) is 20.6 Å². The minimum absolute atomic E-state index is 0.162. The molecule has 2 amide bonds. The average molecular weight is 414 g/mol. The molecule has 0 fully saturated rings. The maximum atomic E-state index is 12.8. The van der Waals surface area contributed by atoms with Gasteiger partial charge >= 0.3 is 0 Å². The molecule has 0 radical (unpaired) electrons. The molecule has 1 heterocycles. The molecule has 28 heavy (non-hydrogen) atoms. The Kier molecular flexibility index (Phi) is 4.33. The molecule has 4 rings (SSSR count). The molecular weight excluding hydrogens is 405 g/mol. The lowest BCUT2D eigenvalue weighted by Gasteiger charge is -2.23. The van der Waals surface area contributed by atoms with E-state index in [4.69, 9.17) is 23.2 Å². The lowest BCUT2D eigenvalue weighted by Crippen LogP contribution is -2.36. The summed E-state index contributed by atoms with van der Waals surface area (Å²) in [6.07, 6.45) is 1.28. The Bertz CT molecular complexity index is 1200. The molecule has 0 spiro atoms. The number of nitrogens with zero attached hydrogens (tertiary/aromatic N) is 3. The van der Waals surface area contributed by atoms with Crippen LogP contribution in [0.2, 0.25) is 10.0 Å². The first-order valence-electron chi connectivity index (χ1n) is 7.96. The summed E-state index contributed by atoms with van der Waals surface area (Å²) in [6.45, 7) is 0. The van der Waals surface area contributed by atoms with E-state index >= 15 is 0 Å². The quantitative estimate of drug-likeness (QED) is 0.269.